The van der Waals surface area contributed by atoms with Gasteiger partial charge in [-0.2, -0.15) is 4.98 Å². The van der Waals surface area contributed by atoms with Gasteiger partial charge in [0.25, 0.3) is 5.91 Å². The molecular formula is C27H24ClN5O3. The lowest BCUT2D eigenvalue weighted by Gasteiger charge is -2.29. The molecule has 1 amide bonds. The summed E-state index contributed by atoms with van der Waals surface area (Å²) < 4.78 is 12.7. The summed E-state index contributed by atoms with van der Waals surface area (Å²) in [4.78, 5) is 18.3. The highest BCUT2D eigenvalue weighted by atomic mass is 35.5. The van der Waals surface area contributed by atoms with E-state index in [4.69, 9.17) is 31.2 Å². The number of rotatable bonds is 6. The van der Waals surface area contributed by atoms with Crippen LogP contribution in [0.25, 0.3) is 11.4 Å². The minimum Gasteiger partial charge on any atom is -0.493 e. The Morgan fingerprint density at radius 3 is 2.44 bits per heavy atom. The first-order chi connectivity index (χ1) is 17.5. The van der Waals surface area contributed by atoms with Crippen LogP contribution in [0.1, 0.15) is 18.5 Å². The molecule has 0 spiro atoms. The number of ether oxygens (including phenoxy) is 2. The highest BCUT2D eigenvalue weighted by Crippen LogP contribution is 2.40. The van der Waals surface area contributed by atoms with E-state index in [1.807, 2.05) is 73.7 Å². The molecule has 1 aliphatic heterocycles. The zero-order valence-electron chi connectivity index (χ0n) is 19.9. The van der Waals surface area contributed by atoms with Crippen LogP contribution in [0.4, 0.5) is 11.6 Å². The van der Waals surface area contributed by atoms with Crippen molar-refractivity contribution in [3.05, 3.63) is 94.7 Å². The number of benzene rings is 3. The number of amides is 1. The lowest BCUT2D eigenvalue weighted by atomic mass is 9.94. The van der Waals surface area contributed by atoms with Gasteiger partial charge in [0.1, 0.15) is 6.04 Å². The average Bonchev–Trinajstić information content (AvgIpc) is 3.31. The number of nitrogens with one attached hydrogen (secondary N) is 2. The number of carbonyl (C=O) groups is 1. The van der Waals surface area contributed by atoms with Gasteiger partial charge in [-0.15, -0.1) is 5.10 Å². The number of hydrogen-bond acceptors (Lipinski definition) is 6. The Hall–Kier alpha value is -4.30. The van der Waals surface area contributed by atoms with Crippen LogP contribution in [0.15, 0.2) is 84.1 Å². The summed E-state index contributed by atoms with van der Waals surface area (Å²) in [5.41, 5.74) is 3.32. The van der Waals surface area contributed by atoms with Gasteiger partial charge in [0.05, 0.1) is 24.8 Å². The molecule has 36 heavy (non-hydrogen) atoms. The van der Waals surface area contributed by atoms with Crippen LogP contribution in [-0.2, 0) is 4.79 Å². The number of aromatic nitrogens is 3. The Balaban J connectivity index is 1.65. The Bertz CT molecular complexity index is 1470. The second-order valence-electron chi connectivity index (χ2n) is 8.18. The third-order valence-corrected chi connectivity index (χ3v) is 6.30. The fraction of sp³-hybridized carbons (Fsp3) is 0.148. The van der Waals surface area contributed by atoms with Crippen LogP contribution in [0, 0.1) is 0 Å². The van der Waals surface area contributed by atoms with Gasteiger partial charge in [-0.1, -0.05) is 48.0 Å². The molecule has 182 valence electrons. The molecular weight excluding hydrogens is 478 g/mol. The van der Waals surface area contributed by atoms with Crippen molar-refractivity contribution < 1.29 is 14.3 Å². The maximum absolute atomic E-state index is 13.6. The molecule has 2 heterocycles. The first-order valence-corrected chi connectivity index (χ1v) is 11.7. The van der Waals surface area contributed by atoms with Gasteiger partial charge in [-0.3, -0.25) is 4.79 Å². The summed E-state index contributed by atoms with van der Waals surface area (Å²) in [6.07, 6.45) is 0. The van der Waals surface area contributed by atoms with Gasteiger partial charge < -0.3 is 20.1 Å². The summed E-state index contributed by atoms with van der Waals surface area (Å²) in [6, 6.07) is 21.6. The maximum Gasteiger partial charge on any atom is 0.255 e. The van der Waals surface area contributed by atoms with Crippen LogP contribution in [0.2, 0.25) is 5.02 Å². The third kappa shape index (κ3) is 4.27. The molecule has 0 fully saturated rings. The number of halogens is 1. The summed E-state index contributed by atoms with van der Waals surface area (Å²) >= 11 is 6.43. The third-order valence-electron chi connectivity index (χ3n) is 5.97. The van der Waals surface area contributed by atoms with E-state index >= 15 is 0 Å². The number of allylic oxidation sites excluding steroid dienone is 1. The van der Waals surface area contributed by atoms with Crippen molar-refractivity contribution in [1.29, 1.82) is 0 Å². The summed E-state index contributed by atoms with van der Waals surface area (Å²) in [5.74, 6) is 1.82. The second kappa shape index (κ2) is 9.75. The number of hydrogen-bond donors (Lipinski definition) is 2. The number of methoxy groups -OCH3 is 2. The molecule has 9 heteroatoms. The number of para-hydroxylation sites is 1. The normalized spacial score (nSPS) is 14.6. The maximum atomic E-state index is 13.6. The molecule has 4 aromatic rings. The quantitative estimate of drug-likeness (QED) is 0.360. The van der Waals surface area contributed by atoms with E-state index in [2.05, 4.69) is 10.6 Å². The SMILES string of the molecule is COc1ccc([C@@H]2C(C(=O)Nc3ccccc3)=C(C)Nc3nc(-c4ccccc4Cl)nn32)cc1OC. The fourth-order valence-electron chi connectivity index (χ4n) is 4.25. The molecule has 0 saturated carbocycles. The molecule has 0 aliphatic carbocycles. The molecule has 1 atom stereocenters. The Morgan fingerprint density at radius 1 is 1.00 bits per heavy atom. The van der Waals surface area contributed by atoms with Gasteiger partial charge in [-0.05, 0) is 48.9 Å². The zero-order chi connectivity index (χ0) is 25.2. The molecule has 3 aromatic carbocycles. The number of nitrogens with zero attached hydrogens (tertiary/aromatic N) is 3. The Morgan fingerprint density at radius 2 is 1.72 bits per heavy atom. The highest BCUT2D eigenvalue weighted by Gasteiger charge is 2.35. The van der Waals surface area contributed by atoms with Crippen molar-refractivity contribution in [3.8, 4) is 22.9 Å². The van der Waals surface area contributed by atoms with Crippen LogP contribution in [0.5, 0.6) is 11.5 Å². The molecule has 0 bridgehead atoms. The monoisotopic (exact) mass is 501 g/mol. The summed E-state index contributed by atoms with van der Waals surface area (Å²) in [6.45, 7) is 1.85. The number of fused-ring (bicyclic) bond motifs is 1. The van der Waals surface area contributed by atoms with Crippen molar-refractivity contribution in [1.82, 2.24) is 14.8 Å². The molecule has 1 aromatic heterocycles. The minimum atomic E-state index is -0.589. The van der Waals surface area contributed by atoms with E-state index in [1.54, 1.807) is 25.0 Å². The molecule has 2 N–H and O–H groups in total. The Kier molecular flexibility index (Phi) is 6.35. The highest BCUT2D eigenvalue weighted by molar-refractivity contribution is 6.33. The first kappa shape index (κ1) is 23.4. The van der Waals surface area contributed by atoms with Crippen LogP contribution in [-0.4, -0.2) is 34.9 Å². The van der Waals surface area contributed by atoms with Gasteiger partial charge in [0.2, 0.25) is 5.95 Å². The standard InChI is InChI=1S/C27H24ClN5O3/c1-16-23(26(34)30-18-9-5-4-6-10-18)24(17-13-14-21(35-2)22(15-17)36-3)33-27(29-16)31-25(32-33)19-11-7-8-12-20(19)28/h4-15,24H,1-3H3,(H,30,34)(H,29,31,32)/t24-/m1/s1. The van der Waals surface area contributed by atoms with Gasteiger partial charge >= 0.3 is 0 Å². The fourth-order valence-corrected chi connectivity index (χ4v) is 4.47. The van der Waals surface area contributed by atoms with Gasteiger partial charge in [0, 0.05) is 16.9 Å². The molecule has 8 nitrogen and oxygen atoms in total. The number of carbonyl (C=O) groups excluding carboxylic acids is 1. The van der Waals surface area contributed by atoms with Crippen molar-refractivity contribution in [3.63, 3.8) is 0 Å². The predicted octanol–water partition coefficient (Wildman–Crippen LogP) is 5.54. The predicted molar refractivity (Wildman–Crippen MR) is 140 cm³/mol. The first-order valence-electron chi connectivity index (χ1n) is 11.3. The van der Waals surface area contributed by atoms with E-state index < -0.39 is 6.04 Å². The molecule has 0 unspecified atom stereocenters. The molecule has 0 saturated heterocycles. The zero-order valence-corrected chi connectivity index (χ0v) is 20.7. The van der Waals surface area contributed by atoms with Crippen molar-refractivity contribution in [2.24, 2.45) is 0 Å². The number of anilines is 2. The van der Waals surface area contributed by atoms with Gasteiger partial charge in [0.15, 0.2) is 17.3 Å². The lowest BCUT2D eigenvalue weighted by Crippen LogP contribution is -2.31. The van der Waals surface area contributed by atoms with Gasteiger partial charge in [-0.25, -0.2) is 4.68 Å². The van der Waals surface area contributed by atoms with Crippen molar-refractivity contribution >= 4 is 29.1 Å². The summed E-state index contributed by atoms with van der Waals surface area (Å²) in [7, 11) is 3.15. The lowest BCUT2D eigenvalue weighted by molar-refractivity contribution is -0.113. The van der Waals surface area contributed by atoms with E-state index in [-0.39, 0.29) is 5.91 Å². The van der Waals surface area contributed by atoms with E-state index in [0.29, 0.717) is 50.8 Å². The summed E-state index contributed by atoms with van der Waals surface area (Å²) in [5, 5.41) is 11.6. The smallest absolute Gasteiger partial charge is 0.255 e. The van der Waals surface area contributed by atoms with E-state index in [0.717, 1.165) is 5.56 Å². The Labute approximate surface area is 213 Å². The molecule has 1 aliphatic rings. The largest absolute Gasteiger partial charge is 0.493 e. The van der Waals surface area contributed by atoms with E-state index in [1.165, 1.54) is 0 Å². The average molecular weight is 502 g/mol. The van der Waals surface area contributed by atoms with E-state index in [9.17, 15) is 4.79 Å². The molecule has 0 radical (unpaired) electrons. The second-order valence-corrected chi connectivity index (χ2v) is 8.59. The topological polar surface area (TPSA) is 90.3 Å². The van der Waals surface area contributed by atoms with Crippen molar-refractivity contribution in [2.45, 2.75) is 13.0 Å². The van der Waals surface area contributed by atoms with Crippen LogP contribution < -0.4 is 20.1 Å². The minimum absolute atomic E-state index is 0.258. The van der Waals surface area contributed by atoms with Crippen LogP contribution >= 0.6 is 11.6 Å². The van der Waals surface area contributed by atoms with Crippen LogP contribution in [0.3, 0.4) is 0 Å². The van der Waals surface area contributed by atoms with Crippen molar-refractivity contribution in [2.75, 3.05) is 24.9 Å². The molecule has 5 rings (SSSR count).